The summed E-state index contributed by atoms with van der Waals surface area (Å²) in [6, 6.07) is -0.537. The molecule has 0 rings (SSSR count). The van der Waals surface area contributed by atoms with Crippen molar-refractivity contribution in [2.45, 2.75) is 289 Å². The molecule has 0 saturated heterocycles. The van der Waals surface area contributed by atoms with Gasteiger partial charge in [0.25, 0.3) is 0 Å². The molecule has 0 heterocycles. The van der Waals surface area contributed by atoms with Crippen molar-refractivity contribution in [1.82, 2.24) is 5.32 Å². The number of rotatable bonds is 45. The summed E-state index contributed by atoms with van der Waals surface area (Å²) in [6.45, 7) is 4.36. The number of aliphatic hydroxyl groups is 2. The molecular formula is C49H97NO3. The fourth-order valence-electron chi connectivity index (χ4n) is 7.77. The Labute approximate surface area is 333 Å². The van der Waals surface area contributed by atoms with Gasteiger partial charge in [-0.1, -0.05) is 244 Å². The zero-order chi connectivity index (χ0) is 38.6. The molecule has 1 amide bonds. The van der Waals surface area contributed by atoms with Gasteiger partial charge in [-0.05, 0) is 38.5 Å². The Kier molecular flexibility index (Phi) is 44.8. The minimum atomic E-state index is -0.660. The maximum absolute atomic E-state index is 12.4. The predicted octanol–water partition coefficient (Wildman–Crippen LogP) is 15.4. The van der Waals surface area contributed by atoms with Crippen LogP contribution in [0.2, 0.25) is 0 Å². The first-order valence-corrected chi connectivity index (χ1v) is 24.4. The number of nitrogens with one attached hydrogen (secondary N) is 1. The lowest BCUT2D eigenvalue weighted by molar-refractivity contribution is -0.123. The minimum absolute atomic E-state index is 0.0375. The van der Waals surface area contributed by atoms with Gasteiger partial charge in [0.15, 0.2) is 0 Å². The van der Waals surface area contributed by atoms with Crippen molar-refractivity contribution < 1.29 is 15.0 Å². The summed E-state index contributed by atoms with van der Waals surface area (Å²) in [5.41, 5.74) is 0. The Balaban J connectivity index is 3.41. The first-order valence-electron chi connectivity index (χ1n) is 24.4. The van der Waals surface area contributed by atoms with Gasteiger partial charge in [0, 0.05) is 6.42 Å². The van der Waals surface area contributed by atoms with Crippen molar-refractivity contribution in [3.63, 3.8) is 0 Å². The quantitative estimate of drug-likeness (QED) is 0.0429. The molecule has 3 N–H and O–H groups in total. The summed E-state index contributed by atoms with van der Waals surface area (Å²) in [5.74, 6) is -0.0375. The van der Waals surface area contributed by atoms with Crippen LogP contribution in [0, 0.1) is 0 Å². The van der Waals surface area contributed by atoms with Gasteiger partial charge in [-0.15, -0.1) is 0 Å². The molecule has 0 saturated carbocycles. The van der Waals surface area contributed by atoms with Crippen LogP contribution in [-0.2, 0) is 4.79 Å². The second-order valence-electron chi connectivity index (χ2n) is 16.9. The first kappa shape index (κ1) is 52.1. The molecule has 4 nitrogen and oxygen atoms in total. The fourth-order valence-corrected chi connectivity index (χ4v) is 7.77. The lowest BCUT2D eigenvalue weighted by atomic mass is 10.0. The monoisotopic (exact) mass is 748 g/mol. The topological polar surface area (TPSA) is 69.6 Å². The van der Waals surface area contributed by atoms with Gasteiger partial charge in [0.1, 0.15) is 0 Å². The Morgan fingerprint density at radius 1 is 0.434 bits per heavy atom. The maximum atomic E-state index is 12.4. The van der Waals surface area contributed by atoms with E-state index in [2.05, 4.69) is 31.3 Å². The van der Waals surface area contributed by atoms with Crippen LogP contribution in [0.5, 0.6) is 0 Å². The van der Waals surface area contributed by atoms with Crippen LogP contribution < -0.4 is 5.32 Å². The van der Waals surface area contributed by atoms with Crippen LogP contribution in [0.4, 0.5) is 0 Å². The number of aliphatic hydroxyl groups excluding tert-OH is 2. The van der Waals surface area contributed by atoms with Crippen molar-refractivity contribution in [2.24, 2.45) is 0 Å². The van der Waals surface area contributed by atoms with Gasteiger partial charge >= 0.3 is 0 Å². The minimum Gasteiger partial charge on any atom is -0.394 e. The summed E-state index contributed by atoms with van der Waals surface area (Å²) in [6.07, 6.45) is 57.5. The third kappa shape index (κ3) is 42.1. The van der Waals surface area contributed by atoms with E-state index in [0.29, 0.717) is 12.8 Å². The molecule has 0 aromatic carbocycles. The summed E-state index contributed by atoms with van der Waals surface area (Å²) in [4.78, 5) is 12.4. The first-order chi connectivity index (χ1) is 26.2. The zero-order valence-corrected chi connectivity index (χ0v) is 36.3. The number of carbonyl (C=O) groups is 1. The van der Waals surface area contributed by atoms with Crippen LogP contribution in [0.1, 0.15) is 277 Å². The van der Waals surface area contributed by atoms with Gasteiger partial charge in [0.2, 0.25) is 5.91 Å². The van der Waals surface area contributed by atoms with Gasteiger partial charge in [-0.2, -0.15) is 0 Å². The Morgan fingerprint density at radius 2 is 0.717 bits per heavy atom. The molecule has 0 aliphatic rings. The van der Waals surface area contributed by atoms with E-state index < -0.39 is 12.1 Å². The summed E-state index contributed by atoms with van der Waals surface area (Å²) in [5, 5.41) is 23.2. The molecule has 53 heavy (non-hydrogen) atoms. The van der Waals surface area contributed by atoms with Crippen LogP contribution in [0.25, 0.3) is 0 Å². The van der Waals surface area contributed by atoms with Crippen molar-refractivity contribution in [1.29, 1.82) is 0 Å². The second-order valence-corrected chi connectivity index (χ2v) is 16.9. The van der Waals surface area contributed by atoms with E-state index in [9.17, 15) is 15.0 Å². The second kappa shape index (κ2) is 45.5. The van der Waals surface area contributed by atoms with E-state index >= 15 is 0 Å². The molecule has 0 fully saturated rings. The third-order valence-electron chi connectivity index (χ3n) is 11.5. The molecule has 0 aliphatic heterocycles. The average molecular weight is 748 g/mol. The van der Waals surface area contributed by atoms with E-state index in [-0.39, 0.29) is 12.5 Å². The highest BCUT2D eigenvalue weighted by molar-refractivity contribution is 5.76. The molecule has 0 aliphatic carbocycles. The van der Waals surface area contributed by atoms with Gasteiger partial charge in [-0.3, -0.25) is 4.79 Å². The Morgan fingerprint density at radius 3 is 1.06 bits per heavy atom. The highest BCUT2D eigenvalue weighted by atomic mass is 16.3. The number of carbonyl (C=O) groups excluding carboxylic acids is 1. The number of unbranched alkanes of at least 4 members (excludes halogenated alkanes) is 36. The zero-order valence-electron chi connectivity index (χ0n) is 36.3. The van der Waals surface area contributed by atoms with E-state index in [0.717, 1.165) is 25.7 Å². The molecule has 2 atom stereocenters. The Bertz CT molecular complexity index is 725. The van der Waals surface area contributed by atoms with E-state index in [4.69, 9.17) is 0 Å². The molecular weight excluding hydrogens is 651 g/mol. The molecule has 316 valence electrons. The summed E-state index contributed by atoms with van der Waals surface area (Å²) >= 11 is 0. The Hall–Kier alpha value is -0.870. The third-order valence-corrected chi connectivity index (χ3v) is 11.5. The van der Waals surface area contributed by atoms with Gasteiger partial charge in [-0.25, -0.2) is 0 Å². The van der Waals surface area contributed by atoms with Gasteiger partial charge < -0.3 is 15.5 Å². The summed E-state index contributed by atoms with van der Waals surface area (Å²) < 4.78 is 0. The fraction of sp³-hybridized carbons (Fsp3) is 0.939. The maximum Gasteiger partial charge on any atom is 0.220 e. The van der Waals surface area contributed by atoms with Crippen LogP contribution >= 0.6 is 0 Å². The van der Waals surface area contributed by atoms with Crippen molar-refractivity contribution in [3.05, 3.63) is 12.2 Å². The molecule has 0 aromatic heterocycles. The highest BCUT2D eigenvalue weighted by Crippen LogP contribution is 2.17. The van der Waals surface area contributed by atoms with Crippen molar-refractivity contribution >= 4 is 5.91 Å². The number of allylic oxidation sites excluding steroid dienone is 2. The lowest BCUT2D eigenvalue weighted by Gasteiger charge is -2.22. The predicted molar refractivity (Wildman–Crippen MR) is 235 cm³/mol. The molecule has 2 unspecified atom stereocenters. The molecule has 4 heteroatoms. The van der Waals surface area contributed by atoms with E-state index in [1.165, 1.54) is 225 Å². The van der Waals surface area contributed by atoms with Crippen LogP contribution in [-0.4, -0.2) is 34.9 Å². The average Bonchev–Trinajstić information content (AvgIpc) is 3.16. The SMILES string of the molecule is CCCCCC/C=C\CCCCCCCC(=O)NC(CO)C(O)CCCCCCCCCCCCCCCCCCCCCCCCCCCCCC. The lowest BCUT2D eigenvalue weighted by Crippen LogP contribution is -2.45. The van der Waals surface area contributed by atoms with E-state index in [1.54, 1.807) is 0 Å². The van der Waals surface area contributed by atoms with Crippen LogP contribution in [0.15, 0.2) is 12.2 Å². The largest absolute Gasteiger partial charge is 0.394 e. The molecule has 0 aromatic rings. The standard InChI is InChI=1S/C49H97NO3/c1-3-5-7-9-11-13-15-17-18-19-20-21-22-23-24-25-26-27-28-29-30-31-33-34-36-38-40-42-44-48(52)47(46-51)50-49(53)45-43-41-39-37-35-32-16-14-12-10-8-6-4-2/h14,16,47-48,51-52H,3-13,15,17-46H2,1-2H3,(H,50,53)/b16-14-. The normalized spacial score (nSPS) is 12.9. The molecule has 0 bridgehead atoms. The summed E-state index contributed by atoms with van der Waals surface area (Å²) in [7, 11) is 0. The number of hydrogen-bond acceptors (Lipinski definition) is 3. The van der Waals surface area contributed by atoms with Crippen LogP contribution in [0.3, 0.4) is 0 Å². The highest BCUT2D eigenvalue weighted by Gasteiger charge is 2.20. The smallest absolute Gasteiger partial charge is 0.220 e. The molecule has 0 spiro atoms. The van der Waals surface area contributed by atoms with Gasteiger partial charge in [0.05, 0.1) is 18.8 Å². The number of hydrogen-bond donors (Lipinski definition) is 3. The number of amides is 1. The van der Waals surface area contributed by atoms with Crippen molar-refractivity contribution in [2.75, 3.05) is 6.61 Å². The molecule has 0 radical (unpaired) electrons. The van der Waals surface area contributed by atoms with E-state index in [1.807, 2.05) is 0 Å². The van der Waals surface area contributed by atoms with Crippen molar-refractivity contribution in [3.8, 4) is 0 Å².